The number of nitrogens with two attached hydrogens (primary N) is 1. The number of benzene rings is 1. The smallest absolute Gasteiger partial charge is 0.274 e. The Bertz CT molecular complexity index is 339. The van der Waals surface area contributed by atoms with Gasteiger partial charge in [-0.3, -0.25) is 10.1 Å². The van der Waals surface area contributed by atoms with E-state index in [4.69, 9.17) is 10.5 Å². The first kappa shape index (κ1) is 10.6. The van der Waals surface area contributed by atoms with Crippen molar-refractivity contribution in [2.45, 2.75) is 13.2 Å². The van der Waals surface area contributed by atoms with Crippen molar-refractivity contribution in [2.75, 3.05) is 7.11 Å². The van der Waals surface area contributed by atoms with Crippen LogP contribution in [-0.2, 0) is 17.9 Å². The van der Waals surface area contributed by atoms with Crippen LogP contribution in [-0.4, -0.2) is 12.0 Å². The summed E-state index contributed by atoms with van der Waals surface area (Å²) in [5, 5.41) is 10.6. The van der Waals surface area contributed by atoms with Gasteiger partial charge >= 0.3 is 0 Å². The topological polar surface area (TPSA) is 78.4 Å². The van der Waals surface area contributed by atoms with E-state index in [1.807, 2.05) is 0 Å². The lowest BCUT2D eigenvalue weighted by molar-refractivity contribution is -0.385. The molecule has 0 heterocycles. The third-order valence-corrected chi connectivity index (χ3v) is 1.95. The third-order valence-electron chi connectivity index (χ3n) is 1.95. The summed E-state index contributed by atoms with van der Waals surface area (Å²) in [6.45, 7) is 0.490. The molecule has 0 amide bonds. The maximum atomic E-state index is 10.6. The molecular weight excluding hydrogens is 184 g/mol. The van der Waals surface area contributed by atoms with Gasteiger partial charge in [-0.2, -0.15) is 0 Å². The fourth-order valence-corrected chi connectivity index (χ4v) is 1.32. The Morgan fingerprint density at radius 3 is 2.79 bits per heavy atom. The van der Waals surface area contributed by atoms with Gasteiger partial charge in [-0.25, -0.2) is 0 Å². The summed E-state index contributed by atoms with van der Waals surface area (Å²) in [6.07, 6.45) is 0. The van der Waals surface area contributed by atoms with E-state index in [9.17, 15) is 10.1 Å². The van der Waals surface area contributed by atoms with Gasteiger partial charge < -0.3 is 10.5 Å². The molecule has 0 aliphatic carbocycles. The normalized spacial score (nSPS) is 10.1. The Hall–Kier alpha value is -1.46. The molecule has 0 spiro atoms. The second-order valence-corrected chi connectivity index (χ2v) is 2.81. The molecule has 5 nitrogen and oxygen atoms in total. The number of ether oxygens (including phenoxy) is 1. The fourth-order valence-electron chi connectivity index (χ4n) is 1.32. The van der Waals surface area contributed by atoms with Gasteiger partial charge in [-0.1, -0.05) is 12.1 Å². The molecule has 0 aromatic heterocycles. The molecule has 0 unspecified atom stereocenters. The van der Waals surface area contributed by atoms with Crippen LogP contribution in [0, 0.1) is 10.1 Å². The van der Waals surface area contributed by atoms with Gasteiger partial charge in [0.1, 0.15) is 0 Å². The van der Waals surface area contributed by atoms with Gasteiger partial charge in [0.05, 0.1) is 11.5 Å². The van der Waals surface area contributed by atoms with Crippen molar-refractivity contribution in [3.8, 4) is 0 Å². The van der Waals surface area contributed by atoms with Crippen LogP contribution in [0.5, 0.6) is 0 Å². The maximum absolute atomic E-state index is 10.6. The number of nitrogens with zero attached hydrogens (tertiary/aromatic N) is 1. The van der Waals surface area contributed by atoms with Crippen molar-refractivity contribution in [3.05, 3.63) is 39.4 Å². The lowest BCUT2D eigenvalue weighted by atomic mass is 10.1. The molecule has 1 aromatic rings. The first-order valence-electron chi connectivity index (χ1n) is 4.15. The highest BCUT2D eigenvalue weighted by molar-refractivity contribution is 5.45. The minimum atomic E-state index is -0.429. The van der Waals surface area contributed by atoms with Crippen molar-refractivity contribution in [1.29, 1.82) is 0 Å². The molecule has 0 bridgehead atoms. The minimum absolute atomic E-state index is 0.0575. The molecule has 0 atom stereocenters. The number of hydrogen-bond acceptors (Lipinski definition) is 4. The zero-order valence-corrected chi connectivity index (χ0v) is 7.90. The van der Waals surface area contributed by atoms with Crippen molar-refractivity contribution in [1.82, 2.24) is 0 Å². The first-order valence-corrected chi connectivity index (χ1v) is 4.15. The molecule has 2 N–H and O–H groups in total. The Kier molecular flexibility index (Phi) is 3.55. The van der Waals surface area contributed by atoms with Gasteiger partial charge in [-0.05, 0) is 5.56 Å². The summed E-state index contributed by atoms with van der Waals surface area (Å²) in [7, 11) is 1.54. The zero-order valence-electron chi connectivity index (χ0n) is 7.90. The Morgan fingerprint density at radius 2 is 2.29 bits per heavy atom. The summed E-state index contributed by atoms with van der Waals surface area (Å²) < 4.78 is 4.93. The van der Waals surface area contributed by atoms with Crippen LogP contribution in [0.3, 0.4) is 0 Å². The van der Waals surface area contributed by atoms with Crippen molar-refractivity contribution in [2.24, 2.45) is 5.73 Å². The van der Waals surface area contributed by atoms with Crippen LogP contribution in [0.4, 0.5) is 5.69 Å². The number of methoxy groups -OCH3 is 1. The lowest BCUT2D eigenvalue weighted by Crippen LogP contribution is -2.06. The highest BCUT2D eigenvalue weighted by atomic mass is 16.6. The van der Waals surface area contributed by atoms with Gasteiger partial charge in [0.2, 0.25) is 0 Å². The van der Waals surface area contributed by atoms with E-state index >= 15 is 0 Å². The predicted octanol–water partition coefficient (Wildman–Crippen LogP) is 1.20. The molecule has 0 aliphatic heterocycles. The lowest BCUT2D eigenvalue weighted by Gasteiger charge is -2.06. The number of rotatable bonds is 4. The highest BCUT2D eigenvalue weighted by Crippen LogP contribution is 2.22. The molecule has 0 aliphatic rings. The van der Waals surface area contributed by atoms with Crippen LogP contribution in [0.2, 0.25) is 0 Å². The molecular formula is C9H12N2O3. The van der Waals surface area contributed by atoms with Crippen LogP contribution in [0.25, 0.3) is 0 Å². The number of nitro benzene ring substituents is 1. The Morgan fingerprint density at radius 1 is 1.57 bits per heavy atom. The average Bonchev–Trinajstić information content (AvgIpc) is 2.18. The van der Waals surface area contributed by atoms with E-state index in [1.165, 1.54) is 6.07 Å². The monoisotopic (exact) mass is 196 g/mol. The second-order valence-electron chi connectivity index (χ2n) is 2.81. The van der Waals surface area contributed by atoms with Crippen LogP contribution < -0.4 is 5.73 Å². The third kappa shape index (κ3) is 2.07. The standard InChI is InChI=1S/C9H12N2O3/c1-14-6-7-3-2-4-9(11(12)13)8(7)5-10/h2-4H,5-6,10H2,1H3. The first-order chi connectivity index (χ1) is 6.70. The van der Waals surface area contributed by atoms with E-state index in [-0.39, 0.29) is 12.2 Å². The van der Waals surface area contributed by atoms with Gasteiger partial charge in [0, 0.05) is 25.3 Å². The second kappa shape index (κ2) is 4.69. The maximum Gasteiger partial charge on any atom is 0.274 e. The van der Waals surface area contributed by atoms with Gasteiger partial charge in [-0.15, -0.1) is 0 Å². The summed E-state index contributed by atoms with van der Waals surface area (Å²) in [4.78, 5) is 10.2. The zero-order chi connectivity index (χ0) is 10.6. The molecule has 14 heavy (non-hydrogen) atoms. The molecule has 1 aromatic carbocycles. The molecule has 0 saturated carbocycles. The summed E-state index contributed by atoms with van der Waals surface area (Å²) in [5.41, 5.74) is 6.83. The van der Waals surface area contributed by atoms with Gasteiger partial charge in [0.15, 0.2) is 0 Å². The van der Waals surface area contributed by atoms with Crippen LogP contribution in [0.1, 0.15) is 11.1 Å². The largest absolute Gasteiger partial charge is 0.380 e. The molecule has 1 rings (SSSR count). The molecule has 0 saturated heterocycles. The van der Waals surface area contributed by atoms with E-state index in [0.717, 1.165) is 5.56 Å². The van der Waals surface area contributed by atoms with E-state index in [1.54, 1.807) is 19.2 Å². The minimum Gasteiger partial charge on any atom is -0.380 e. The van der Waals surface area contributed by atoms with E-state index in [0.29, 0.717) is 12.2 Å². The van der Waals surface area contributed by atoms with Crippen molar-refractivity contribution < 1.29 is 9.66 Å². The Labute approximate surface area is 81.6 Å². The fraction of sp³-hybridized carbons (Fsp3) is 0.333. The van der Waals surface area contributed by atoms with Crippen LogP contribution >= 0.6 is 0 Å². The number of hydrogen-bond donors (Lipinski definition) is 1. The van der Waals surface area contributed by atoms with Crippen LogP contribution in [0.15, 0.2) is 18.2 Å². The highest BCUT2D eigenvalue weighted by Gasteiger charge is 2.15. The molecule has 0 fully saturated rings. The van der Waals surface area contributed by atoms with Crippen molar-refractivity contribution >= 4 is 5.69 Å². The Balaban J connectivity index is 3.17. The summed E-state index contributed by atoms with van der Waals surface area (Å²) in [5.74, 6) is 0. The number of nitro groups is 1. The van der Waals surface area contributed by atoms with Gasteiger partial charge in [0.25, 0.3) is 5.69 Å². The summed E-state index contributed by atoms with van der Waals surface area (Å²) >= 11 is 0. The average molecular weight is 196 g/mol. The summed E-state index contributed by atoms with van der Waals surface area (Å²) in [6, 6.07) is 4.85. The molecule has 0 radical (unpaired) electrons. The molecule has 76 valence electrons. The quantitative estimate of drug-likeness (QED) is 0.579. The van der Waals surface area contributed by atoms with E-state index < -0.39 is 4.92 Å². The SMILES string of the molecule is COCc1cccc([N+](=O)[O-])c1CN. The molecule has 5 heteroatoms. The van der Waals surface area contributed by atoms with Crippen molar-refractivity contribution in [3.63, 3.8) is 0 Å². The van der Waals surface area contributed by atoms with E-state index in [2.05, 4.69) is 0 Å². The predicted molar refractivity (Wildman–Crippen MR) is 51.7 cm³/mol.